The summed E-state index contributed by atoms with van der Waals surface area (Å²) in [5, 5.41) is 9.16. The molecule has 0 bridgehead atoms. The second-order valence-corrected chi connectivity index (χ2v) is 4.51. The fourth-order valence-corrected chi connectivity index (χ4v) is 1.71. The van der Waals surface area contributed by atoms with Crippen LogP contribution in [0.1, 0.15) is 13.3 Å². The van der Waals surface area contributed by atoms with Crippen LogP contribution < -0.4 is 14.2 Å². The molecule has 0 aromatic heterocycles. The van der Waals surface area contributed by atoms with Gasteiger partial charge < -0.3 is 19.3 Å². The first kappa shape index (κ1) is 15.0. The molecular weight excluding hydrogens is 268 g/mol. The van der Waals surface area contributed by atoms with Gasteiger partial charge in [-0.05, 0) is 55.0 Å². The van der Waals surface area contributed by atoms with Gasteiger partial charge in [-0.3, -0.25) is 0 Å². The Labute approximate surface area is 124 Å². The first-order chi connectivity index (χ1) is 10.3. The molecule has 2 rings (SSSR count). The molecule has 21 heavy (non-hydrogen) atoms. The predicted octanol–water partition coefficient (Wildman–Crippen LogP) is 3.64. The van der Waals surface area contributed by atoms with Gasteiger partial charge in [0, 0.05) is 0 Å². The van der Waals surface area contributed by atoms with Gasteiger partial charge in [-0.1, -0.05) is 6.92 Å². The van der Waals surface area contributed by atoms with E-state index in [-0.39, 0.29) is 5.75 Å². The minimum absolute atomic E-state index is 0.226. The molecule has 0 aliphatic heterocycles. The lowest BCUT2D eigenvalue weighted by Gasteiger charge is -2.09. The highest BCUT2D eigenvalue weighted by Crippen LogP contribution is 2.18. The lowest BCUT2D eigenvalue weighted by atomic mass is 10.3. The zero-order valence-electron chi connectivity index (χ0n) is 12.1. The maximum absolute atomic E-state index is 9.16. The Kier molecular flexibility index (Phi) is 5.76. The third-order valence-electron chi connectivity index (χ3n) is 2.75. The van der Waals surface area contributed by atoms with Crippen LogP contribution in [0.25, 0.3) is 0 Å². The van der Waals surface area contributed by atoms with Crippen molar-refractivity contribution in [3.63, 3.8) is 0 Å². The molecule has 0 saturated carbocycles. The molecule has 112 valence electrons. The number of hydrogen-bond donors (Lipinski definition) is 1. The van der Waals surface area contributed by atoms with E-state index in [1.54, 1.807) is 24.3 Å². The Hall–Kier alpha value is -2.36. The summed E-state index contributed by atoms with van der Waals surface area (Å²) in [6.45, 7) is 3.70. The van der Waals surface area contributed by atoms with Gasteiger partial charge in [0.2, 0.25) is 0 Å². The Morgan fingerprint density at radius 2 is 1.05 bits per heavy atom. The molecule has 0 unspecified atom stereocenters. The molecule has 4 heteroatoms. The van der Waals surface area contributed by atoms with E-state index >= 15 is 0 Å². The van der Waals surface area contributed by atoms with Crippen LogP contribution in [0.2, 0.25) is 0 Å². The van der Waals surface area contributed by atoms with E-state index in [0.717, 1.165) is 24.5 Å². The quantitative estimate of drug-likeness (QED) is 0.753. The molecule has 0 aliphatic rings. The van der Waals surface area contributed by atoms with Crippen LogP contribution in [0.5, 0.6) is 23.0 Å². The number of phenolic OH excluding ortho intramolecular Hbond substituents is 1. The number of phenols is 1. The van der Waals surface area contributed by atoms with Crippen molar-refractivity contribution in [3.8, 4) is 23.0 Å². The molecule has 2 aromatic rings. The van der Waals surface area contributed by atoms with Crippen molar-refractivity contribution < 1.29 is 19.3 Å². The van der Waals surface area contributed by atoms with Gasteiger partial charge in [-0.15, -0.1) is 0 Å². The minimum atomic E-state index is 0.226. The molecule has 1 N–H and O–H groups in total. The van der Waals surface area contributed by atoms with Crippen LogP contribution in [-0.4, -0.2) is 24.9 Å². The van der Waals surface area contributed by atoms with Gasteiger partial charge in [-0.2, -0.15) is 0 Å². The maximum Gasteiger partial charge on any atom is 0.122 e. The van der Waals surface area contributed by atoms with Crippen molar-refractivity contribution in [3.05, 3.63) is 48.5 Å². The topological polar surface area (TPSA) is 47.9 Å². The average molecular weight is 288 g/mol. The highest BCUT2D eigenvalue weighted by Gasteiger charge is 1.98. The van der Waals surface area contributed by atoms with E-state index in [2.05, 4.69) is 6.92 Å². The van der Waals surface area contributed by atoms with E-state index in [1.165, 1.54) is 0 Å². The lowest BCUT2D eigenvalue weighted by Crippen LogP contribution is -2.08. The number of benzene rings is 2. The zero-order valence-corrected chi connectivity index (χ0v) is 12.1. The van der Waals surface area contributed by atoms with Crippen molar-refractivity contribution in [2.75, 3.05) is 19.8 Å². The molecule has 0 amide bonds. The maximum atomic E-state index is 9.16. The zero-order chi connectivity index (χ0) is 14.9. The average Bonchev–Trinajstić information content (AvgIpc) is 2.52. The predicted molar refractivity (Wildman–Crippen MR) is 81.3 cm³/mol. The summed E-state index contributed by atoms with van der Waals surface area (Å²) in [4.78, 5) is 0. The fraction of sp³-hybridized carbons (Fsp3) is 0.294. The standard InChI is InChI=1S/C17H20O4/c1-2-11-19-16-7-9-17(10-8-16)21-13-12-20-15-5-3-14(18)4-6-15/h3-10,18H,2,11-13H2,1H3. The SMILES string of the molecule is CCCOc1ccc(OCCOc2ccc(O)cc2)cc1. The molecule has 0 heterocycles. The van der Waals surface area contributed by atoms with Gasteiger partial charge in [0.25, 0.3) is 0 Å². The highest BCUT2D eigenvalue weighted by atomic mass is 16.5. The van der Waals surface area contributed by atoms with E-state index in [0.29, 0.717) is 19.0 Å². The second-order valence-electron chi connectivity index (χ2n) is 4.51. The molecule has 0 atom stereocenters. The second kappa shape index (κ2) is 8.04. The fourth-order valence-electron chi connectivity index (χ4n) is 1.71. The smallest absolute Gasteiger partial charge is 0.122 e. The summed E-state index contributed by atoms with van der Waals surface area (Å²) in [7, 11) is 0. The lowest BCUT2D eigenvalue weighted by molar-refractivity contribution is 0.217. The number of aromatic hydroxyl groups is 1. The summed E-state index contributed by atoms with van der Waals surface area (Å²) in [5.41, 5.74) is 0. The van der Waals surface area contributed by atoms with Crippen LogP contribution in [-0.2, 0) is 0 Å². The Morgan fingerprint density at radius 1 is 0.667 bits per heavy atom. The van der Waals surface area contributed by atoms with Crippen LogP contribution in [0, 0.1) is 0 Å². The third-order valence-corrected chi connectivity index (χ3v) is 2.75. The Morgan fingerprint density at radius 3 is 1.48 bits per heavy atom. The van der Waals surface area contributed by atoms with Gasteiger partial charge >= 0.3 is 0 Å². The van der Waals surface area contributed by atoms with Crippen LogP contribution in [0.15, 0.2) is 48.5 Å². The van der Waals surface area contributed by atoms with Crippen molar-refractivity contribution in [2.45, 2.75) is 13.3 Å². The Bertz CT molecular complexity index is 519. The number of rotatable bonds is 8. The molecule has 0 aliphatic carbocycles. The van der Waals surface area contributed by atoms with Gasteiger partial charge in [0.05, 0.1) is 6.61 Å². The largest absolute Gasteiger partial charge is 0.508 e. The van der Waals surface area contributed by atoms with Crippen LogP contribution >= 0.6 is 0 Å². The minimum Gasteiger partial charge on any atom is -0.508 e. The molecule has 2 aromatic carbocycles. The highest BCUT2D eigenvalue weighted by molar-refractivity contribution is 5.31. The van der Waals surface area contributed by atoms with E-state index in [1.807, 2.05) is 24.3 Å². The summed E-state index contributed by atoms with van der Waals surface area (Å²) >= 11 is 0. The Balaban J connectivity index is 1.69. The molecule has 0 radical (unpaired) electrons. The molecular formula is C17H20O4. The van der Waals surface area contributed by atoms with Gasteiger partial charge in [0.1, 0.15) is 36.2 Å². The van der Waals surface area contributed by atoms with Gasteiger partial charge in [0.15, 0.2) is 0 Å². The summed E-state index contributed by atoms with van der Waals surface area (Å²) in [5.74, 6) is 2.57. The number of hydrogen-bond acceptors (Lipinski definition) is 4. The van der Waals surface area contributed by atoms with Crippen molar-refractivity contribution in [1.82, 2.24) is 0 Å². The monoisotopic (exact) mass is 288 g/mol. The first-order valence-electron chi connectivity index (χ1n) is 7.05. The molecule has 0 spiro atoms. The molecule has 0 fully saturated rings. The van der Waals surface area contributed by atoms with E-state index < -0.39 is 0 Å². The molecule has 0 saturated heterocycles. The third kappa shape index (κ3) is 5.26. The first-order valence-corrected chi connectivity index (χ1v) is 7.05. The summed E-state index contributed by atoms with van der Waals surface area (Å²) in [6.07, 6.45) is 0.993. The van der Waals surface area contributed by atoms with E-state index in [4.69, 9.17) is 19.3 Å². The summed E-state index contributed by atoms with van der Waals surface area (Å²) < 4.78 is 16.6. The van der Waals surface area contributed by atoms with Crippen molar-refractivity contribution >= 4 is 0 Å². The molecule has 4 nitrogen and oxygen atoms in total. The van der Waals surface area contributed by atoms with Crippen LogP contribution in [0.3, 0.4) is 0 Å². The van der Waals surface area contributed by atoms with Crippen molar-refractivity contribution in [1.29, 1.82) is 0 Å². The van der Waals surface area contributed by atoms with E-state index in [9.17, 15) is 0 Å². The number of ether oxygens (including phenoxy) is 3. The van der Waals surface area contributed by atoms with Crippen molar-refractivity contribution in [2.24, 2.45) is 0 Å². The normalized spacial score (nSPS) is 10.1. The summed E-state index contributed by atoms with van der Waals surface area (Å²) in [6, 6.07) is 14.2. The van der Waals surface area contributed by atoms with Crippen LogP contribution in [0.4, 0.5) is 0 Å². The van der Waals surface area contributed by atoms with Gasteiger partial charge in [-0.25, -0.2) is 0 Å².